The van der Waals surface area contributed by atoms with Gasteiger partial charge in [0.2, 0.25) is 0 Å². The SMILES string of the molecule is CC(C)(C)OC(=O)NNC1C2(C)CCC(C2)C1(C)C. The summed E-state index contributed by atoms with van der Waals surface area (Å²) >= 11 is 0. The molecule has 4 nitrogen and oxygen atoms in total. The highest BCUT2D eigenvalue weighted by molar-refractivity contribution is 5.67. The molecule has 0 aromatic heterocycles. The average molecular weight is 268 g/mol. The largest absolute Gasteiger partial charge is 0.443 e. The highest BCUT2D eigenvalue weighted by Gasteiger charge is 2.59. The summed E-state index contributed by atoms with van der Waals surface area (Å²) in [5, 5.41) is 0. The number of nitrogens with one attached hydrogen (secondary N) is 2. The smallest absolute Gasteiger partial charge is 0.422 e. The molecule has 4 heteroatoms. The minimum absolute atomic E-state index is 0.224. The number of amides is 1. The number of carbonyl (C=O) groups is 1. The second-order valence-electron chi connectivity index (χ2n) is 8.12. The van der Waals surface area contributed by atoms with Gasteiger partial charge in [-0.15, -0.1) is 0 Å². The van der Waals surface area contributed by atoms with Crippen LogP contribution in [0.15, 0.2) is 0 Å². The number of rotatable bonds is 2. The third-order valence-corrected chi connectivity index (χ3v) is 4.99. The molecule has 0 spiro atoms. The Balaban J connectivity index is 1.94. The molecule has 0 saturated heterocycles. The number of ether oxygens (including phenoxy) is 1. The van der Waals surface area contributed by atoms with Gasteiger partial charge >= 0.3 is 6.09 Å². The molecule has 3 atom stereocenters. The van der Waals surface area contributed by atoms with Gasteiger partial charge in [0.15, 0.2) is 0 Å². The second kappa shape index (κ2) is 4.37. The van der Waals surface area contributed by atoms with E-state index < -0.39 is 11.7 Å². The molecule has 110 valence electrons. The van der Waals surface area contributed by atoms with Crippen molar-refractivity contribution in [3.05, 3.63) is 0 Å². The van der Waals surface area contributed by atoms with Crippen LogP contribution in [0.1, 0.15) is 60.8 Å². The summed E-state index contributed by atoms with van der Waals surface area (Å²) in [6.45, 7) is 12.5. The van der Waals surface area contributed by atoms with E-state index in [9.17, 15) is 4.79 Å². The molecule has 0 aliphatic heterocycles. The van der Waals surface area contributed by atoms with Crippen LogP contribution in [0.4, 0.5) is 4.79 Å². The zero-order valence-corrected chi connectivity index (χ0v) is 13.1. The normalized spacial score (nSPS) is 36.3. The van der Waals surface area contributed by atoms with Gasteiger partial charge in [-0.1, -0.05) is 20.8 Å². The molecule has 0 radical (unpaired) electrons. The van der Waals surface area contributed by atoms with E-state index in [0.717, 1.165) is 5.92 Å². The summed E-state index contributed by atoms with van der Waals surface area (Å²) in [5.74, 6) is 0.760. The van der Waals surface area contributed by atoms with Gasteiger partial charge < -0.3 is 4.74 Å². The van der Waals surface area contributed by atoms with Crippen LogP contribution in [0.5, 0.6) is 0 Å². The van der Waals surface area contributed by atoms with Crippen LogP contribution in [0.2, 0.25) is 0 Å². The van der Waals surface area contributed by atoms with Crippen molar-refractivity contribution in [2.24, 2.45) is 16.7 Å². The molecule has 3 unspecified atom stereocenters. The lowest BCUT2D eigenvalue weighted by Gasteiger charge is -2.43. The van der Waals surface area contributed by atoms with E-state index in [0.29, 0.717) is 11.5 Å². The zero-order chi connectivity index (χ0) is 14.5. The van der Waals surface area contributed by atoms with Crippen molar-refractivity contribution in [3.8, 4) is 0 Å². The second-order valence-corrected chi connectivity index (χ2v) is 8.12. The summed E-state index contributed by atoms with van der Waals surface area (Å²) in [6.07, 6.45) is 3.42. The van der Waals surface area contributed by atoms with Crippen molar-refractivity contribution in [2.45, 2.75) is 72.4 Å². The Hall–Kier alpha value is -0.770. The standard InChI is InChI=1S/C15H28N2O2/c1-13(2,3)19-12(18)17-16-11-14(4,5)10-7-8-15(11,6)9-10/h10-11,16H,7-9H2,1-6H3,(H,17,18). The Morgan fingerprint density at radius 1 is 1.26 bits per heavy atom. The lowest BCUT2D eigenvalue weighted by Crippen LogP contribution is -2.57. The first kappa shape index (κ1) is 14.6. The highest BCUT2D eigenvalue weighted by atomic mass is 16.6. The molecule has 2 saturated carbocycles. The van der Waals surface area contributed by atoms with Gasteiger partial charge in [-0.05, 0) is 56.8 Å². The molecule has 0 heterocycles. The fourth-order valence-electron chi connectivity index (χ4n) is 4.10. The first-order chi connectivity index (χ1) is 8.55. The molecule has 2 rings (SSSR count). The van der Waals surface area contributed by atoms with Crippen LogP contribution in [0.3, 0.4) is 0 Å². The van der Waals surface area contributed by atoms with E-state index in [1.807, 2.05) is 20.8 Å². The third-order valence-electron chi connectivity index (χ3n) is 4.99. The average Bonchev–Trinajstić information content (AvgIpc) is 2.65. The van der Waals surface area contributed by atoms with E-state index in [4.69, 9.17) is 4.74 Å². The number of hydrogen-bond donors (Lipinski definition) is 2. The van der Waals surface area contributed by atoms with Crippen molar-refractivity contribution >= 4 is 6.09 Å². The summed E-state index contributed by atoms with van der Waals surface area (Å²) in [4.78, 5) is 11.7. The maximum Gasteiger partial charge on any atom is 0.422 e. The van der Waals surface area contributed by atoms with Crippen molar-refractivity contribution in [1.29, 1.82) is 0 Å². The van der Waals surface area contributed by atoms with Crippen LogP contribution < -0.4 is 10.9 Å². The molecule has 19 heavy (non-hydrogen) atoms. The maximum atomic E-state index is 11.7. The summed E-state index contributed by atoms with van der Waals surface area (Å²) < 4.78 is 5.27. The van der Waals surface area contributed by atoms with Crippen LogP contribution in [-0.4, -0.2) is 17.7 Å². The van der Waals surface area contributed by atoms with Crippen molar-refractivity contribution < 1.29 is 9.53 Å². The van der Waals surface area contributed by atoms with Gasteiger partial charge in [0.25, 0.3) is 0 Å². The van der Waals surface area contributed by atoms with Gasteiger partial charge in [-0.2, -0.15) is 0 Å². The van der Waals surface area contributed by atoms with E-state index in [1.165, 1.54) is 19.3 Å². The predicted molar refractivity (Wildman–Crippen MR) is 75.5 cm³/mol. The molecular formula is C15H28N2O2. The van der Waals surface area contributed by atoms with E-state index >= 15 is 0 Å². The molecule has 2 aliphatic rings. The number of hydrazine groups is 1. The Bertz CT molecular complexity index is 368. The fraction of sp³-hybridized carbons (Fsp3) is 0.933. The lowest BCUT2D eigenvalue weighted by molar-refractivity contribution is 0.0394. The van der Waals surface area contributed by atoms with Gasteiger partial charge in [-0.3, -0.25) is 5.43 Å². The van der Waals surface area contributed by atoms with Gasteiger partial charge in [0.1, 0.15) is 5.60 Å². The zero-order valence-electron chi connectivity index (χ0n) is 13.1. The third kappa shape index (κ3) is 2.73. The fourth-order valence-corrected chi connectivity index (χ4v) is 4.10. The Morgan fingerprint density at radius 2 is 1.89 bits per heavy atom. The molecule has 2 aliphatic carbocycles. The first-order valence-corrected chi connectivity index (χ1v) is 7.29. The van der Waals surface area contributed by atoms with Crippen molar-refractivity contribution in [3.63, 3.8) is 0 Å². The highest BCUT2D eigenvalue weighted by Crippen LogP contribution is 2.62. The first-order valence-electron chi connectivity index (χ1n) is 7.29. The Morgan fingerprint density at radius 3 is 2.37 bits per heavy atom. The Labute approximate surface area is 116 Å². The van der Waals surface area contributed by atoms with Crippen LogP contribution in [0.25, 0.3) is 0 Å². The summed E-state index contributed by atoms with van der Waals surface area (Å²) in [6, 6.07) is 0.311. The Kier molecular flexibility index (Phi) is 3.37. The summed E-state index contributed by atoms with van der Waals surface area (Å²) in [5.41, 5.74) is 6.04. The summed E-state index contributed by atoms with van der Waals surface area (Å²) in [7, 11) is 0. The molecule has 2 bridgehead atoms. The molecule has 1 amide bonds. The van der Waals surface area contributed by atoms with E-state index in [1.54, 1.807) is 0 Å². The van der Waals surface area contributed by atoms with E-state index in [2.05, 4.69) is 31.6 Å². The van der Waals surface area contributed by atoms with Crippen molar-refractivity contribution in [2.75, 3.05) is 0 Å². The van der Waals surface area contributed by atoms with Crippen LogP contribution >= 0.6 is 0 Å². The molecule has 0 aromatic carbocycles. The number of hydrogen-bond acceptors (Lipinski definition) is 3. The van der Waals surface area contributed by atoms with Gasteiger partial charge in [-0.25, -0.2) is 10.2 Å². The monoisotopic (exact) mass is 268 g/mol. The maximum absolute atomic E-state index is 11.7. The minimum Gasteiger partial charge on any atom is -0.443 e. The molecular weight excluding hydrogens is 240 g/mol. The van der Waals surface area contributed by atoms with Crippen LogP contribution in [-0.2, 0) is 4.74 Å². The van der Waals surface area contributed by atoms with Gasteiger partial charge in [0.05, 0.1) is 0 Å². The molecule has 0 aromatic rings. The lowest BCUT2D eigenvalue weighted by atomic mass is 9.69. The number of fused-ring (bicyclic) bond motifs is 2. The minimum atomic E-state index is -0.458. The molecule has 2 N–H and O–H groups in total. The van der Waals surface area contributed by atoms with E-state index in [-0.39, 0.29) is 5.41 Å². The van der Waals surface area contributed by atoms with Crippen LogP contribution in [0, 0.1) is 16.7 Å². The quantitative estimate of drug-likeness (QED) is 0.756. The van der Waals surface area contributed by atoms with Crippen molar-refractivity contribution in [1.82, 2.24) is 10.9 Å². The van der Waals surface area contributed by atoms with Gasteiger partial charge in [0, 0.05) is 6.04 Å². The number of carbonyl (C=O) groups excluding carboxylic acids is 1. The predicted octanol–water partition coefficient (Wildman–Crippen LogP) is 3.23. The molecule has 2 fully saturated rings. The topological polar surface area (TPSA) is 50.4 Å².